The number of carboxylic acid groups (broad SMARTS) is 1. The van der Waals surface area contributed by atoms with Crippen LogP contribution in [0.3, 0.4) is 0 Å². The molecular weight excluding hydrogens is 397 g/mol. The van der Waals surface area contributed by atoms with E-state index in [9.17, 15) is 19.1 Å². The molecule has 1 aromatic heterocycles. The molecule has 1 heterocycles. The number of carbonyl (C=O) groups excluding carboxylic acids is 1. The van der Waals surface area contributed by atoms with Crippen molar-refractivity contribution in [3.63, 3.8) is 0 Å². The minimum absolute atomic E-state index is 0.0239. The van der Waals surface area contributed by atoms with E-state index in [1.807, 2.05) is 42.5 Å². The second kappa shape index (κ2) is 8.23. The van der Waals surface area contributed by atoms with Gasteiger partial charge in [0.25, 0.3) is 0 Å². The van der Waals surface area contributed by atoms with E-state index in [0.717, 1.165) is 28.5 Å². The third-order valence-electron chi connectivity index (χ3n) is 4.91. The van der Waals surface area contributed by atoms with Crippen LogP contribution in [0.5, 0.6) is 0 Å². The molecule has 4 rings (SSSR count). The van der Waals surface area contributed by atoms with Gasteiger partial charge in [-0.2, -0.15) is 0 Å². The normalized spacial score (nSPS) is 11.5. The SMILES string of the molecule is C/C(=C/C(=O)Nc1cc(F)c(-n2ccnc2)cc1C(=O)O)c1ccc2ccccc2c1. The summed E-state index contributed by atoms with van der Waals surface area (Å²) in [5.74, 6) is -2.52. The number of amides is 1. The number of carboxylic acids is 1. The Kier molecular flexibility index (Phi) is 5.32. The van der Waals surface area contributed by atoms with Crippen LogP contribution in [0.4, 0.5) is 10.1 Å². The molecule has 0 atom stereocenters. The Bertz CT molecular complexity index is 1330. The average molecular weight is 415 g/mol. The number of nitrogens with one attached hydrogen (secondary N) is 1. The van der Waals surface area contributed by atoms with Gasteiger partial charge in [0.05, 0.1) is 23.3 Å². The van der Waals surface area contributed by atoms with Crippen LogP contribution in [0, 0.1) is 5.82 Å². The molecule has 31 heavy (non-hydrogen) atoms. The quantitative estimate of drug-likeness (QED) is 0.454. The number of allylic oxidation sites excluding steroid dienone is 1. The lowest BCUT2D eigenvalue weighted by molar-refractivity contribution is -0.111. The van der Waals surface area contributed by atoms with Crippen molar-refractivity contribution in [2.24, 2.45) is 0 Å². The standard InChI is InChI=1S/C24H18FN3O3/c1-15(17-7-6-16-4-2-3-5-18(16)11-17)10-23(29)27-21-13-20(25)22(12-19(21)24(30)31)28-9-8-26-14-28/h2-14H,1H3,(H,27,29)(H,30,31)/b15-10-. The van der Waals surface area contributed by atoms with Gasteiger partial charge in [-0.15, -0.1) is 0 Å². The van der Waals surface area contributed by atoms with Gasteiger partial charge in [-0.05, 0) is 41.0 Å². The van der Waals surface area contributed by atoms with Crippen molar-refractivity contribution < 1.29 is 19.1 Å². The fourth-order valence-corrected chi connectivity index (χ4v) is 3.33. The van der Waals surface area contributed by atoms with Gasteiger partial charge in [0.2, 0.25) is 5.91 Å². The Labute approximate surface area is 177 Å². The first kappa shape index (κ1) is 20.0. The summed E-state index contributed by atoms with van der Waals surface area (Å²) in [6.07, 6.45) is 5.67. The molecule has 0 unspecified atom stereocenters. The van der Waals surface area contributed by atoms with Crippen molar-refractivity contribution in [3.8, 4) is 5.69 Å². The number of aromatic nitrogens is 2. The predicted molar refractivity (Wildman–Crippen MR) is 117 cm³/mol. The first-order chi connectivity index (χ1) is 14.9. The van der Waals surface area contributed by atoms with Crippen molar-refractivity contribution in [2.45, 2.75) is 6.92 Å². The van der Waals surface area contributed by atoms with E-state index in [4.69, 9.17) is 0 Å². The Morgan fingerprint density at radius 3 is 2.58 bits per heavy atom. The molecule has 2 N–H and O–H groups in total. The van der Waals surface area contributed by atoms with Crippen molar-refractivity contribution in [2.75, 3.05) is 5.32 Å². The number of imidazole rings is 1. The minimum atomic E-state index is -1.29. The zero-order valence-corrected chi connectivity index (χ0v) is 16.5. The topological polar surface area (TPSA) is 84.2 Å². The maximum atomic E-state index is 14.6. The van der Waals surface area contributed by atoms with Gasteiger partial charge in [0.15, 0.2) is 0 Å². The van der Waals surface area contributed by atoms with Gasteiger partial charge < -0.3 is 15.0 Å². The van der Waals surface area contributed by atoms with Crippen molar-refractivity contribution >= 4 is 33.9 Å². The average Bonchev–Trinajstić information content (AvgIpc) is 3.27. The van der Waals surface area contributed by atoms with E-state index in [0.29, 0.717) is 5.57 Å². The molecule has 3 aromatic carbocycles. The number of carbonyl (C=O) groups is 2. The lowest BCUT2D eigenvalue weighted by Crippen LogP contribution is -2.14. The highest BCUT2D eigenvalue weighted by Crippen LogP contribution is 2.25. The van der Waals surface area contributed by atoms with Crippen LogP contribution in [0.15, 0.2) is 79.4 Å². The number of benzene rings is 3. The van der Waals surface area contributed by atoms with Crippen LogP contribution in [-0.2, 0) is 4.79 Å². The number of hydrogen-bond donors (Lipinski definition) is 2. The molecule has 154 valence electrons. The monoisotopic (exact) mass is 415 g/mol. The molecule has 0 bridgehead atoms. The molecule has 6 nitrogen and oxygen atoms in total. The number of nitrogens with zero attached hydrogens (tertiary/aromatic N) is 2. The number of fused-ring (bicyclic) bond motifs is 1. The van der Waals surface area contributed by atoms with Gasteiger partial charge in [-0.3, -0.25) is 4.79 Å². The smallest absolute Gasteiger partial charge is 0.337 e. The first-order valence-corrected chi connectivity index (χ1v) is 9.46. The lowest BCUT2D eigenvalue weighted by Gasteiger charge is -2.12. The van der Waals surface area contributed by atoms with Crippen LogP contribution in [0.25, 0.3) is 22.0 Å². The fourth-order valence-electron chi connectivity index (χ4n) is 3.33. The van der Waals surface area contributed by atoms with Crippen LogP contribution < -0.4 is 5.32 Å². The molecule has 0 radical (unpaired) electrons. The highest BCUT2D eigenvalue weighted by Gasteiger charge is 2.17. The highest BCUT2D eigenvalue weighted by molar-refractivity contribution is 6.07. The van der Waals surface area contributed by atoms with Crippen LogP contribution >= 0.6 is 0 Å². The van der Waals surface area contributed by atoms with Crippen LogP contribution in [0.1, 0.15) is 22.8 Å². The van der Waals surface area contributed by atoms with E-state index in [2.05, 4.69) is 10.3 Å². The highest BCUT2D eigenvalue weighted by atomic mass is 19.1. The van der Waals surface area contributed by atoms with Crippen molar-refractivity contribution in [3.05, 3.63) is 96.3 Å². The van der Waals surface area contributed by atoms with Crippen molar-refractivity contribution in [1.29, 1.82) is 0 Å². The minimum Gasteiger partial charge on any atom is -0.478 e. The van der Waals surface area contributed by atoms with E-state index >= 15 is 0 Å². The van der Waals surface area contributed by atoms with E-state index < -0.39 is 17.7 Å². The van der Waals surface area contributed by atoms with Gasteiger partial charge in [-0.1, -0.05) is 36.4 Å². The third-order valence-corrected chi connectivity index (χ3v) is 4.91. The molecule has 0 saturated heterocycles. The number of halogens is 1. The molecule has 0 aliphatic heterocycles. The van der Waals surface area contributed by atoms with Gasteiger partial charge >= 0.3 is 5.97 Å². The summed E-state index contributed by atoms with van der Waals surface area (Å²) in [7, 11) is 0. The summed E-state index contributed by atoms with van der Waals surface area (Å²) in [5.41, 5.74) is 1.22. The molecule has 4 aromatic rings. The van der Waals surface area contributed by atoms with Crippen LogP contribution in [0.2, 0.25) is 0 Å². The molecular formula is C24H18FN3O3. The van der Waals surface area contributed by atoms with Gasteiger partial charge in [-0.25, -0.2) is 14.2 Å². The zero-order valence-electron chi connectivity index (χ0n) is 16.5. The Balaban J connectivity index is 1.62. The second-order valence-corrected chi connectivity index (χ2v) is 7.00. The zero-order chi connectivity index (χ0) is 22.0. The molecule has 0 fully saturated rings. The van der Waals surface area contributed by atoms with Crippen LogP contribution in [-0.4, -0.2) is 26.5 Å². The summed E-state index contributed by atoms with van der Waals surface area (Å²) < 4.78 is 15.9. The maximum Gasteiger partial charge on any atom is 0.337 e. The predicted octanol–water partition coefficient (Wildman–Crippen LogP) is 4.90. The summed E-state index contributed by atoms with van der Waals surface area (Å²) in [4.78, 5) is 28.1. The van der Waals surface area contributed by atoms with E-state index in [1.165, 1.54) is 29.4 Å². The molecule has 0 spiro atoms. The Morgan fingerprint density at radius 2 is 1.87 bits per heavy atom. The van der Waals surface area contributed by atoms with Crippen molar-refractivity contribution in [1.82, 2.24) is 9.55 Å². The summed E-state index contributed by atoms with van der Waals surface area (Å²) in [6.45, 7) is 1.78. The molecule has 0 saturated carbocycles. The molecule has 1 amide bonds. The lowest BCUT2D eigenvalue weighted by atomic mass is 10.0. The Morgan fingerprint density at radius 1 is 1.10 bits per heavy atom. The fraction of sp³-hybridized carbons (Fsp3) is 0.0417. The number of hydrogen-bond acceptors (Lipinski definition) is 3. The summed E-state index contributed by atoms with van der Waals surface area (Å²) in [5, 5.41) is 14.1. The van der Waals surface area contributed by atoms with Gasteiger partial charge in [0, 0.05) is 24.5 Å². The molecule has 0 aliphatic rings. The Hall–Kier alpha value is -4.26. The molecule has 0 aliphatic carbocycles. The largest absolute Gasteiger partial charge is 0.478 e. The first-order valence-electron chi connectivity index (χ1n) is 9.46. The number of aromatic carboxylic acids is 1. The summed E-state index contributed by atoms with van der Waals surface area (Å²) >= 11 is 0. The maximum absolute atomic E-state index is 14.6. The van der Waals surface area contributed by atoms with Gasteiger partial charge in [0.1, 0.15) is 5.82 Å². The third kappa shape index (κ3) is 4.20. The number of anilines is 1. The van der Waals surface area contributed by atoms with E-state index in [1.54, 1.807) is 6.92 Å². The van der Waals surface area contributed by atoms with E-state index in [-0.39, 0.29) is 16.9 Å². The molecule has 7 heteroatoms. The summed E-state index contributed by atoms with van der Waals surface area (Å²) in [6, 6.07) is 15.9. The number of rotatable bonds is 5. The second-order valence-electron chi connectivity index (χ2n) is 7.00.